The Morgan fingerprint density at radius 1 is 0.810 bits per heavy atom. The Hall–Kier alpha value is -1.12. The second-order valence-electron chi connectivity index (χ2n) is 6.20. The van der Waals surface area contributed by atoms with Crippen molar-refractivity contribution in [1.29, 1.82) is 0 Å². The van der Waals surface area contributed by atoms with Gasteiger partial charge in [0.2, 0.25) is 11.8 Å². The first-order valence-electron chi connectivity index (χ1n) is 8.66. The molecule has 3 nitrogen and oxygen atoms in total. The molecule has 6 atom stereocenters. The van der Waals surface area contributed by atoms with Crippen LogP contribution in [0.2, 0.25) is 0 Å². The highest BCUT2D eigenvalue weighted by atomic mass is 16.2. The fourth-order valence-electron chi connectivity index (χ4n) is 4.79. The van der Waals surface area contributed by atoms with Crippen LogP contribution in [-0.4, -0.2) is 23.8 Å². The van der Waals surface area contributed by atoms with Gasteiger partial charge in [0.05, 0.1) is 11.8 Å². The van der Waals surface area contributed by atoms with Crippen molar-refractivity contribution in [2.45, 2.75) is 47.0 Å². The van der Waals surface area contributed by atoms with Crippen LogP contribution in [0, 0.1) is 35.5 Å². The van der Waals surface area contributed by atoms with Crippen molar-refractivity contribution in [3.8, 4) is 0 Å². The van der Waals surface area contributed by atoms with Gasteiger partial charge in [0.1, 0.15) is 0 Å². The number of hydrogen-bond donors (Lipinski definition) is 0. The van der Waals surface area contributed by atoms with E-state index >= 15 is 0 Å². The van der Waals surface area contributed by atoms with Crippen LogP contribution in [-0.2, 0) is 9.59 Å². The molecule has 0 spiro atoms. The summed E-state index contributed by atoms with van der Waals surface area (Å²) in [6.45, 7) is 8.00. The van der Waals surface area contributed by atoms with Crippen molar-refractivity contribution in [3.05, 3.63) is 12.2 Å². The van der Waals surface area contributed by atoms with E-state index in [2.05, 4.69) is 12.2 Å². The molecular formula is C18H29NO2. The minimum absolute atomic E-state index is 0.00139. The maximum Gasteiger partial charge on any atom is 0.232 e. The molecule has 1 aliphatic heterocycles. The van der Waals surface area contributed by atoms with Crippen molar-refractivity contribution < 1.29 is 9.59 Å². The number of likely N-dealkylation sites (tertiary alicyclic amines) is 1. The smallest absolute Gasteiger partial charge is 0.232 e. The van der Waals surface area contributed by atoms with Crippen LogP contribution in [0.25, 0.3) is 0 Å². The summed E-state index contributed by atoms with van der Waals surface area (Å²) in [5.41, 5.74) is 0. The maximum atomic E-state index is 12.0. The maximum absolute atomic E-state index is 12.0. The summed E-state index contributed by atoms with van der Waals surface area (Å²) in [6.07, 6.45) is 7.87. The van der Waals surface area contributed by atoms with Crippen molar-refractivity contribution in [2.24, 2.45) is 35.5 Å². The van der Waals surface area contributed by atoms with Gasteiger partial charge >= 0.3 is 0 Å². The Balaban J connectivity index is 0.000000374. The standard InChI is InChI=1S/C14H17NO2.2C2H6/c1-15-13(16)11-5-9-7-2-3-8(4-7)10(9)6-12(11)14(15)17;2*1-2/h2-3,7-12H,4-6H2,1H3;2*1-2H3. The van der Waals surface area contributed by atoms with Crippen molar-refractivity contribution >= 4 is 11.8 Å². The van der Waals surface area contributed by atoms with Crippen LogP contribution >= 0.6 is 0 Å². The second-order valence-corrected chi connectivity index (χ2v) is 6.20. The molecule has 2 bridgehead atoms. The van der Waals surface area contributed by atoms with Crippen LogP contribution < -0.4 is 0 Å². The van der Waals surface area contributed by atoms with Crippen LogP contribution in [0.1, 0.15) is 47.0 Å². The largest absolute Gasteiger partial charge is 0.285 e. The third-order valence-electron chi connectivity index (χ3n) is 5.63. The summed E-state index contributed by atoms with van der Waals surface area (Å²) < 4.78 is 0. The normalized spacial score (nSPS) is 41.9. The second kappa shape index (κ2) is 6.33. The van der Waals surface area contributed by atoms with Gasteiger partial charge in [0, 0.05) is 7.05 Å². The van der Waals surface area contributed by atoms with E-state index in [1.54, 1.807) is 7.05 Å². The van der Waals surface area contributed by atoms with Gasteiger partial charge in [-0.05, 0) is 42.9 Å². The molecule has 0 aromatic rings. The average Bonchev–Trinajstić information content (AvgIpc) is 3.21. The average molecular weight is 291 g/mol. The molecule has 0 aromatic heterocycles. The van der Waals surface area contributed by atoms with Crippen molar-refractivity contribution in [2.75, 3.05) is 7.05 Å². The van der Waals surface area contributed by atoms with Gasteiger partial charge in [0.15, 0.2) is 0 Å². The number of hydrogen-bond acceptors (Lipinski definition) is 2. The number of allylic oxidation sites excluding steroid dienone is 2. The SMILES string of the molecule is CC.CC.CN1C(=O)C2CC3C4C=CC(C4)C3CC2C1=O. The zero-order chi connectivity index (χ0) is 15.7. The number of amides is 2. The molecular weight excluding hydrogens is 262 g/mol. The van der Waals surface area contributed by atoms with E-state index in [1.807, 2.05) is 27.7 Å². The first kappa shape index (κ1) is 16.3. The molecule has 3 heteroatoms. The zero-order valence-corrected chi connectivity index (χ0v) is 14.0. The summed E-state index contributed by atoms with van der Waals surface area (Å²) in [6, 6.07) is 0. The molecule has 1 saturated heterocycles. The predicted molar refractivity (Wildman–Crippen MR) is 84.4 cm³/mol. The molecule has 6 unspecified atom stereocenters. The number of carbonyl (C=O) groups excluding carboxylic acids is 2. The number of nitrogens with zero attached hydrogens (tertiary/aromatic N) is 1. The Labute approximate surface area is 128 Å². The van der Waals surface area contributed by atoms with Crippen LogP contribution in [0.5, 0.6) is 0 Å². The lowest BCUT2D eigenvalue weighted by Crippen LogP contribution is -2.35. The zero-order valence-electron chi connectivity index (χ0n) is 14.0. The van der Waals surface area contributed by atoms with Gasteiger partial charge in [-0.15, -0.1) is 0 Å². The van der Waals surface area contributed by atoms with E-state index in [-0.39, 0.29) is 23.7 Å². The molecule has 2 amide bonds. The first-order chi connectivity index (χ1) is 10.2. The summed E-state index contributed by atoms with van der Waals surface area (Å²) in [7, 11) is 1.64. The molecule has 4 rings (SSSR count). The van der Waals surface area contributed by atoms with E-state index in [9.17, 15) is 9.59 Å². The molecule has 21 heavy (non-hydrogen) atoms. The van der Waals surface area contributed by atoms with E-state index in [0.717, 1.165) is 12.8 Å². The van der Waals surface area contributed by atoms with Gasteiger partial charge in [-0.25, -0.2) is 0 Å². The highest BCUT2D eigenvalue weighted by molar-refractivity contribution is 6.04. The molecule has 0 N–H and O–H groups in total. The van der Waals surface area contributed by atoms with E-state index in [1.165, 1.54) is 11.3 Å². The van der Waals surface area contributed by atoms with Crippen molar-refractivity contribution in [1.82, 2.24) is 4.90 Å². The van der Waals surface area contributed by atoms with Gasteiger partial charge in [0.25, 0.3) is 0 Å². The van der Waals surface area contributed by atoms with E-state index < -0.39 is 0 Å². The third kappa shape index (κ3) is 2.35. The summed E-state index contributed by atoms with van der Waals surface area (Å²) in [4.78, 5) is 25.4. The lowest BCUT2D eigenvalue weighted by molar-refractivity contribution is -0.138. The van der Waals surface area contributed by atoms with Crippen LogP contribution in [0.4, 0.5) is 0 Å². The van der Waals surface area contributed by atoms with Gasteiger partial charge < -0.3 is 0 Å². The Kier molecular flexibility index (Phi) is 4.90. The third-order valence-corrected chi connectivity index (χ3v) is 5.63. The quantitative estimate of drug-likeness (QED) is 0.506. The molecule has 118 valence electrons. The molecule has 0 radical (unpaired) electrons. The highest BCUT2D eigenvalue weighted by Crippen LogP contribution is 2.57. The number of fused-ring (bicyclic) bond motifs is 6. The van der Waals surface area contributed by atoms with Gasteiger partial charge in [-0.2, -0.15) is 0 Å². The topological polar surface area (TPSA) is 37.4 Å². The monoisotopic (exact) mass is 291 g/mol. The molecule has 3 fully saturated rings. The lowest BCUT2D eigenvalue weighted by Gasteiger charge is -2.37. The lowest BCUT2D eigenvalue weighted by atomic mass is 9.65. The number of carbonyl (C=O) groups is 2. The molecule has 4 aliphatic rings. The Bertz CT molecular complexity index is 404. The van der Waals surface area contributed by atoms with E-state index in [0.29, 0.717) is 23.7 Å². The number of rotatable bonds is 0. The molecule has 1 heterocycles. The Morgan fingerprint density at radius 3 is 1.57 bits per heavy atom. The minimum atomic E-state index is 0.00139. The number of imide groups is 1. The summed E-state index contributed by atoms with van der Waals surface area (Å²) in [5, 5.41) is 0. The van der Waals surface area contributed by atoms with Gasteiger partial charge in [-0.1, -0.05) is 39.8 Å². The van der Waals surface area contributed by atoms with Crippen molar-refractivity contribution in [3.63, 3.8) is 0 Å². The minimum Gasteiger partial charge on any atom is -0.285 e. The summed E-state index contributed by atoms with van der Waals surface area (Å²) >= 11 is 0. The predicted octanol–water partition coefficient (Wildman–Crippen LogP) is 3.50. The fraction of sp³-hybridized carbons (Fsp3) is 0.778. The van der Waals surface area contributed by atoms with E-state index in [4.69, 9.17) is 0 Å². The molecule has 0 aromatic carbocycles. The Morgan fingerprint density at radius 2 is 1.19 bits per heavy atom. The highest BCUT2D eigenvalue weighted by Gasteiger charge is 2.56. The van der Waals surface area contributed by atoms with Crippen LogP contribution in [0.15, 0.2) is 12.2 Å². The first-order valence-corrected chi connectivity index (χ1v) is 8.66. The molecule has 2 saturated carbocycles. The molecule has 3 aliphatic carbocycles. The van der Waals surface area contributed by atoms with Crippen LogP contribution in [0.3, 0.4) is 0 Å². The summed E-state index contributed by atoms with van der Waals surface area (Å²) in [5.74, 6) is 2.89. The fourth-order valence-corrected chi connectivity index (χ4v) is 4.79. The van der Waals surface area contributed by atoms with Gasteiger partial charge in [-0.3, -0.25) is 14.5 Å².